The van der Waals surface area contributed by atoms with Crippen LogP contribution in [0.15, 0.2) is 36.4 Å². The van der Waals surface area contributed by atoms with Gasteiger partial charge in [-0.15, -0.1) is 0 Å². The molecule has 0 aromatic heterocycles. The molecule has 0 spiro atoms. The van der Waals surface area contributed by atoms with Crippen LogP contribution >= 0.6 is 11.6 Å². The van der Waals surface area contributed by atoms with Crippen molar-refractivity contribution in [1.82, 2.24) is 4.90 Å². The van der Waals surface area contributed by atoms with E-state index >= 15 is 0 Å². The van der Waals surface area contributed by atoms with E-state index in [2.05, 4.69) is 0 Å². The van der Waals surface area contributed by atoms with Crippen LogP contribution in [0.25, 0.3) is 0 Å². The third-order valence-electron chi connectivity index (χ3n) is 3.76. The van der Waals surface area contributed by atoms with Gasteiger partial charge in [0.1, 0.15) is 5.82 Å². The van der Waals surface area contributed by atoms with Crippen LogP contribution in [0.5, 0.6) is 11.5 Å². The number of hydrogen-bond donors (Lipinski definition) is 0. The zero-order valence-corrected chi connectivity index (χ0v) is 14.0. The smallest absolute Gasteiger partial charge is 0.254 e. The molecule has 2 aromatic rings. The summed E-state index contributed by atoms with van der Waals surface area (Å²) >= 11 is 6.22. The van der Waals surface area contributed by atoms with E-state index in [0.29, 0.717) is 40.9 Å². The molecule has 1 heterocycles. The molecule has 1 amide bonds. The summed E-state index contributed by atoms with van der Waals surface area (Å²) in [4.78, 5) is 14.1. The Morgan fingerprint density at radius 1 is 1.25 bits per heavy atom. The van der Waals surface area contributed by atoms with Gasteiger partial charge in [0.15, 0.2) is 11.5 Å². The predicted molar refractivity (Wildman–Crippen MR) is 89.3 cm³/mol. The monoisotopic (exact) mass is 349 g/mol. The highest BCUT2D eigenvalue weighted by Crippen LogP contribution is 2.38. The first-order valence-corrected chi connectivity index (χ1v) is 8.02. The zero-order valence-electron chi connectivity index (χ0n) is 13.2. The lowest BCUT2D eigenvalue weighted by Gasteiger charge is -2.19. The molecule has 4 nitrogen and oxygen atoms in total. The Morgan fingerprint density at radius 2 is 2.00 bits per heavy atom. The van der Waals surface area contributed by atoms with E-state index in [1.54, 1.807) is 37.4 Å². The third kappa shape index (κ3) is 3.46. The van der Waals surface area contributed by atoms with Crippen molar-refractivity contribution >= 4 is 17.5 Å². The van der Waals surface area contributed by atoms with E-state index in [4.69, 9.17) is 21.1 Å². The van der Waals surface area contributed by atoms with Gasteiger partial charge >= 0.3 is 0 Å². The number of benzene rings is 2. The van der Waals surface area contributed by atoms with E-state index in [1.807, 2.05) is 0 Å². The number of carbonyl (C=O) groups excluding carboxylic acids is 1. The fourth-order valence-electron chi connectivity index (χ4n) is 2.53. The number of amides is 1. The van der Waals surface area contributed by atoms with Crippen LogP contribution < -0.4 is 9.47 Å². The Kier molecular flexibility index (Phi) is 4.90. The second-order valence-electron chi connectivity index (χ2n) is 5.59. The molecule has 1 aliphatic rings. The fourth-order valence-corrected chi connectivity index (χ4v) is 2.79. The Hall–Kier alpha value is -2.27. The van der Waals surface area contributed by atoms with Gasteiger partial charge in [0, 0.05) is 31.1 Å². The van der Waals surface area contributed by atoms with Crippen molar-refractivity contribution in [3.63, 3.8) is 0 Å². The largest absolute Gasteiger partial charge is 0.489 e. The van der Waals surface area contributed by atoms with Gasteiger partial charge in [0.05, 0.1) is 18.2 Å². The highest BCUT2D eigenvalue weighted by molar-refractivity contribution is 6.32. The SMILES string of the molecule is CN(Cc1ccccc1F)C(=O)c1cc(Cl)c2c(c1)OCCCO2. The maximum absolute atomic E-state index is 13.8. The quantitative estimate of drug-likeness (QED) is 0.843. The molecule has 0 atom stereocenters. The predicted octanol–water partition coefficient (Wildman–Crippen LogP) is 3.91. The maximum atomic E-state index is 13.8. The van der Waals surface area contributed by atoms with Crippen LogP contribution in [0.1, 0.15) is 22.3 Å². The number of halogens is 2. The second-order valence-corrected chi connectivity index (χ2v) is 6.00. The number of hydrogen-bond acceptors (Lipinski definition) is 3. The lowest BCUT2D eigenvalue weighted by Crippen LogP contribution is -2.26. The number of nitrogens with zero attached hydrogens (tertiary/aromatic N) is 1. The molecule has 0 saturated carbocycles. The minimum absolute atomic E-state index is 0.164. The molecule has 126 valence electrons. The molecule has 0 saturated heterocycles. The maximum Gasteiger partial charge on any atom is 0.254 e. The summed E-state index contributed by atoms with van der Waals surface area (Å²) in [5.41, 5.74) is 0.830. The van der Waals surface area contributed by atoms with Crippen molar-refractivity contribution < 1.29 is 18.7 Å². The van der Waals surface area contributed by atoms with Crippen LogP contribution in [0.3, 0.4) is 0 Å². The van der Waals surface area contributed by atoms with Crippen molar-refractivity contribution in [3.05, 3.63) is 58.4 Å². The summed E-state index contributed by atoms with van der Waals surface area (Å²) in [6.45, 7) is 1.19. The lowest BCUT2D eigenvalue weighted by molar-refractivity contribution is 0.0783. The Balaban J connectivity index is 1.83. The van der Waals surface area contributed by atoms with Crippen LogP contribution in [-0.2, 0) is 6.54 Å². The molecule has 24 heavy (non-hydrogen) atoms. The van der Waals surface area contributed by atoms with Crippen LogP contribution in [0, 0.1) is 5.82 Å². The van der Waals surface area contributed by atoms with Crippen LogP contribution in [0.2, 0.25) is 5.02 Å². The summed E-state index contributed by atoms with van der Waals surface area (Å²) in [5, 5.41) is 0.331. The van der Waals surface area contributed by atoms with E-state index in [1.165, 1.54) is 11.0 Å². The third-order valence-corrected chi connectivity index (χ3v) is 4.04. The molecule has 0 aliphatic carbocycles. The number of carbonyl (C=O) groups is 1. The molecule has 6 heteroatoms. The minimum Gasteiger partial charge on any atom is -0.489 e. The second kappa shape index (κ2) is 7.09. The molecular formula is C18H17ClFNO3. The molecule has 2 aromatic carbocycles. The summed E-state index contributed by atoms with van der Waals surface area (Å²) in [6, 6.07) is 9.55. The molecule has 0 bridgehead atoms. The zero-order chi connectivity index (χ0) is 17.1. The van der Waals surface area contributed by atoms with Gasteiger partial charge < -0.3 is 14.4 Å². The van der Waals surface area contributed by atoms with Gasteiger partial charge in [-0.05, 0) is 18.2 Å². The summed E-state index contributed by atoms with van der Waals surface area (Å²) in [5.74, 6) is 0.315. The first kappa shape index (κ1) is 16.6. The molecule has 0 radical (unpaired) electrons. The Morgan fingerprint density at radius 3 is 2.79 bits per heavy atom. The van der Waals surface area contributed by atoms with Crippen molar-refractivity contribution in [1.29, 1.82) is 0 Å². The molecule has 0 N–H and O–H groups in total. The van der Waals surface area contributed by atoms with Gasteiger partial charge in [-0.25, -0.2) is 4.39 Å². The highest BCUT2D eigenvalue weighted by Gasteiger charge is 2.20. The van der Waals surface area contributed by atoms with E-state index in [-0.39, 0.29) is 18.3 Å². The number of ether oxygens (including phenoxy) is 2. The van der Waals surface area contributed by atoms with E-state index in [9.17, 15) is 9.18 Å². The summed E-state index contributed by atoms with van der Waals surface area (Å²) in [7, 11) is 1.62. The standard InChI is InChI=1S/C18H17ClFNO3/c1-21(11-12-5-2-3-6-15(12)20)18(22)13-9-14(19)17-16(10-13)23-7-4-8-24-17/h2-3,5-6,9-10H,4,7-8,11H2,1H3. The van der Waals surface area contributed by atoms with Crippen molar-refractivity contribution in [2.45, 2.75) is 13.0 Å². The number of fused-ring (bicyclic) bond motifs is 1. The van der Waals surface area contributed by atoms with Gasteiger partial charge in [-0.3, -0.25) is 4.79 Å². The van der Waals surface area contributed by atoms with Gasteiger partial charge in [-0.2, -0.15) is 0 Å². The first-order valence-electron chi connectivity index (χ1n) is 7.64. The Bertz CT molecular complexity index is 766. The minimum atomic E-state index is -0.339. The number of rotatable bonds is 3. The van der Waals surface area contributed by atoms with Gasteiger partial charge in [0.2, 0.25) is 0 Å². The average Bonchev–Trinajstić information content (AvgIpc) is 2.82. The van der Waals surface area contributed by atoms with E-state index in [0.717, 1.165) is 6.42 Å². The summed E-state index contributed by atoms with van der Waals surface area (Å²) < 4.78 is 24.9. The molecular weight excluding hydrogens is 333 g/mol. The Labute approximate surface area is 144 Å². The van der Waals surface area contributed by atoms with Crippen molar-refractivity contribution in [3.8, 4) is 11.5 Å². The van der Waals surface area contributed by atoms with Gasteiger partial charge in [-0.1, -0.05) is 29.8 Å². The molecule has 0 fully saturated rings. The first-order chi connectivity index (χ1) is 11.6. The average molecular weight is 350 g/mol. The van der Waals surface area contributed by atoms with E-state index < -0.39 is 0 Å². The topological polar surface area (TPSA) is 38.8 Å². The summed E-state index contributed by atoms with van der Waals surface area (Å²) in [6.07, 6.45) is 0.751. The lowest BCUT2D eigenvalue weighted by atomic mass is 10.1. The van der Waals surface area contributed by atoms with Crippen molar-refractivity contribution in [2.24, 2.45) is 0 Å². The van der Waals surface area contributed by atoms with Crippen LogP contribution in [0.4, 0.5) is 4.39 Å². The fraction of sp³-hybridized carbons (Fsp3) is 0.278. The van der Waals surface area contributed by atoms with Crippen molar-refractivity contribution in [2.75, 3.05) is 20.3 Å². The van der Waals surface area contributed by atoms with Crippen LogP contribution in [-0.4, -0.2) is 31.1 Å². The molecule has 3 rings (SSSR count). The normalized spacial score (nSPS) is 13.3. The highest BCUT2D eigenvalue weighted by atomic mass is 35.5. The molecule has 1 aliphatic heterocycles. The molecule has 0 unspecified atom stereocenters. The van der Waals surface area contributed by atoms with Gasteiger partial charge in [0.25, 0.3) is 5.91 Å².